The van der Waals surface area contributed by atoms with Crippen LogP contribution in [0.4, 0.5) is 5.69 Å². The monoisotopic (exact) mass is 291 g/mol. The van der Waals surface area contributed by atoms with E-state index in [0.29, 0.717) is 6.42 Å². The summed E-state index contributed by atoms with van der Waals surface area (Å²) < 4.78 is 0. The molecular weight excluding hydrogens is 262 g/mol. The quantitative estimate of drug-likeness (QED) is 0.687. The maximum atomic E-state index is 12.0. The van der Waals surface area contributed by atoms with Crippen molar-refractivity contribution in [1.82, 2.24) is 10.2 Å². The summed E-state index contributed by atoms with van der Waals surface area (Å²) in [5.74, 6) is 0.0788. The van der Waals surface area contributed by atoms with E-state index in [9.17, 15) is 4.79 Å². The molecule has 4 nitrogen and oxygen atoms in total. The van der Waals surface area contributed by atoms with Gasteiger partial charge in [-0.05, 0) is 57.1 Å². The summed E-state index contributed by atoms with van der Waals surface area (Å²) in [6.45, 7) is 9.72. The molecule has 1 atom stereocenters. The number of benzene rings is 1. The number of amides is 1. The highest BCUT2D eigenvalue weighted by molar-refractivity contribution is 5.78. The van der Waals surface area contributed by atoms with Gasteiger partial charge < -0.3 is 16.0 Å². The fourth-order valence-corrected chi connectivity index (χ4v) is 2.38. The van der Waals surface area contributed by atoms with Crippen LogP contribution in [0.3, 0.4) is 0 Å². The van der Waals surface area contributed by atoms with Crippen molar-refractivity contribution in [3.63, 3.8) is 0 Å². The Morgan fingerprint density at radius 1 is 1.24 bits per heavy atom. The second-order valence-corrected chi connectivity index (χ2v) is 5.56. The minimum Gasteiger partial charge on any atom is -0.399 e. The molecule has 0 aromatic heterocycles. The molecule has 1 rings (SSSR count). The highest BCUT2D eigenvalue weighted by Gasteiger charge is 2.09. The van der Waals surface area contributed by atoms with Gasteiger partial charge in [-0.15, -0.1) is 0 Å². The van der Waals surface area contributed by atoms with E-state index in [1.165, 1.54) is 0 Å². The lowest BCUT2D eigenvalue weighted by Gasteiger charge is -2.19. The molecule has 1 unspecified atom stereocenters. The second kappa shape index (κ2) is 9.40. The number of nitrogens with one attached hydrogen (secondary N) is 1. The van der Waals surface area contributed by atoms with Crippen molar-refractivity contribution in [2.75, 3.05) is 25.4 Å². The molecule has 0 saturated carbocycles. The Labute approximate surface area is 128 Å². The van der Waals surface area contributed by atoms with Gasteiger partial charge in [-0.3, -0.25) is 4.79 Å². The minimum atomic E-state index is 0.0788. The van der Waals surface area contributed by atoms with Crippen LogP contribution < -0.4 is 11.1 Å². The van der Waals surface area contributed by atoms with E-state index in [2.05, 4.69) is 31.0 Å². The maximum absolute atomic E-state index is 12.0. The van der Waals surface area contributed by atoms with Gasteiger partial charge in [-0.1, -0.05) is 26.0 Å². The zero-order valence-corrected chi connectivity index (χ0v) is 13.6. The van der Waals surface area contributed by atoms with Crippen molar-refractivity contribution in [3.8, 4) is 0 Å². The molecule has 3 N–H and O–H groups in total. The Morgan fingerprint density at radius 3 is 2.43 bits per heavy atom. The number of nitrogens with zero attached hydrogens (tertiary/aromatic N) is 1. The molecular formula is C17H29N3O. The molecule has 118 valence electrons. The Balaban J connectivity index is 2.25. The molecule has 0 spiro atoms. The Morgan fingerprint density at radius 2 is 1.86 bits per heavy atom. The average Bonchev–Trinajstić information content (AvgIpc) is 2.46. The maximum Gasteiger partial charge on any atom is 0.224 e. The van der Waals surface area contributed by atoms with Gasteiger partial charge >= 0.3 is 0 Å². The normalized spacial score (nSPS) is 12.4. The molecule has 0 fully saturated rings. The van der Waals surface area contributed by atoms with E-state index >= 15 is 0 Å². The molecule has 1 aromatic rings. The van der Waals surface area contributed by atoms with Crippen LogP contribution in [0.5, 0.6) is 0 Å². The van der Waals surface area contributed by atoms with Gasteiger partial charge in [0.25, 0.3) is 0 Å². The van der Waals surface area contributed by atoms with E-state index in [0.717, 1.165) is 43.7 Å². The number of nitrogen functional groups attached to an aromatic ring is 1. The van der Waals surface area contributed by atoms with Gasteiger partial charge in [0.2, 0.25) is 5.91 Å². The van der Waals surface area contributed by atoms with E-state index < -0.39 is 0 Å². The van der Waals surface area contributed by atoms with Gasteiger partial charge in [-0.2, -0.15) is 0 Å². The van der Waals surface area contributed by atoms with Gasteiger partial charge in [0, 0.05) is 11.7 Å². The first-order valence-electron chi connectivity index (χ1n) is 7.91. The predicted molar refractivity (Wildman–Crippen MR) is 89.2 cm³/mol. The van der Waals surface area contributed by atoms with Crippen LogP contribution in [-0.4, -0.2) is 36.5 Å². The van der Waals surface area contributed by atoms with Crippen molar-refractivity contribution < 1.29 is 4.79 Å². The van der Waals surface area contributed by atoms with Crippen molar-refractivity contribution in [2.45, 2.75) is 46.1 Å². The van der Waals surface area contributed by atoms with Gasteiger partial charge in [0.05, 0.1) is 6.42 Å². The van der Waals surface area contributed by atoms with Crippen molar-refractivity contribution >= 4 is 11.6 Å². The standard InChI is InChI=1S/C17H29N3O/c1-4-20(5-2)12-6-7-14(3)19-17(21)13-15-8-10-16(18)11-9-15/h8-11,14H,4-7,12-13,18H2,1-3H3,(H,19,21). The molecule has 0 heterocycles. The predicted octanol–water partition coefficient (Wildman–Crippen LogP) is 2.44. The van der Waals surface area contributed by atoms with Crippen LogP contribution in [0.15, 0.2) is 24.3 Å². The summed E-state index contributed by atoms with van der Waals surface area (Å²) in [5.41, 5.74) is 7.36. The SMILES string of the molecule is CCN(CC)CCCC(C)NC(=O)Cc1ccc(N)cc1. The van der Waals surface area contributed by atoms with Crippen LogP contribution in [0, 0.1) is 0 Å². The summed E-state index contributed by atoms with van der Waals surface area (Å²) in [5, 5.41) is 3.06. The first-order valence-corrected chi connectivity index (χ1v) is 7.91. The van der Waals surface area contributed by atoms with Gasteiger partial charge in [0.1, 0.15) is 0 Å². The Hall–Kier alpha value is -1.55. The van der Waals surface area contributed by atoms with E-state index in [4.69, 9.17) is 5.73 Å². The molecule has 1 amide bonds. The number of hydrogen-bond acceptors (Lipinski definition) is 3. The van der Waals surface area contributed by atoms with Crippen molar-refractivity contribution in [2.24, 2.45) is 0 Å². The highest BCUT2D eigenvalue weighted by atomic mass is 16.1. The van der Waals surface area contributed by atoms with Crippen LogP contribution in [-0.2, 0) is 11.2 Å². The van der Waals surface area contributed by atoms with E-state index in [1.54, 1.807) is 0 Å². The number of rotatable bonds is 9. The molecule has 0 aliphatic carbocycles. The number of carbonyl (C=O) groups is 1. The number of nitrogens with two attached hydrogens (primary N) is 1. The first kappa shape index (κ1) is 17.5. The molecule has 0 radical (unpaired) electrons. The molecule has 0 saturated heterocycles. The zero-order chi connectivity index (χ0) is 15.7. The number of carbonyl (C=O) groups excluding carboxylic acids is 1. The van der Waals surface area contributed by atoms with Crippen molar-refractivity contribution in [1.29, 1.82) is 0 Å². The lowest BCUT2D eigenvalue weighted by Crippen LogP contribution is -2.34. The zero-order valence-electron chi connectivity index (χ0n) is 13.6. The van der Waals surface area contributed by atoms with Crippen LogP contribution >= 0.6 is 0 Å². The summed E-state index contributed by atoms with van der Waals surface area (Å²) in [6, 6.07) is 7.69. The molecule has 21 heavy (non-hydrogen) atoms. The fraction of sp³-hybridized carbons (Fsp3) is 0.588. The topological polar surface area (TPSA) is 58.4 Å². The number of anilines is 1. The van der Waals surface area contributed by atoms with Gasteiger partial charge in [0.15, 0.2) is 0 Å². The molecule has 0 aliphatic heterocycles. The lowest BCUT2D eigenvalue weighted by molar-refractivity contribution is -0.121. The number of hydrogen-bond donors (Lipinski definition) is 2. The molecule has 0 aliphatic rings. The fourth-order valence-electron chi connectivity index (χ4n) is 2.38. The van der Waals surface area contributed by atoms with Gasteiger partial charge in [-0.25, -0.2) is 0 Å². The summed E-state index contributed by atoms with van der Waals surface area (Å²) in [6.07, 6.45) is 2.55. The smallest absolute Gasteiger partial charge is 0.224 e. The third-order valence-corrected chi connectivity index (χ3v) is 3.76. The summed E-state index contributed by atoms with van der Waals surface area (Å²) in [4.78, 5) is 14.4. The largest absolute Gasteiger partial charge is 0.399 e. The Kier molecular flexibility index (Phi) is 7.83. The first-order chi connectivity index (χ1) is 10.0. The van der Waals surface area contributed by atoms with E-state index in [-0.39, 0.29) is 11.9 Å². The van der Waals surface area contributed by atoms with Crippen LogP contribution in [0.25, 0.3) is 0 Å². The van der Waals surface area contributed by atoms with Crippen LogP contribution in [0.2, 0.25) is 0 Å². The molecule has 4 heteroatoms. The van der Waals surface area contributed by atoms with Crippen molar-refractivity contribution in [3.05, 3.63) is 29.8 Å². The lowest BCUT2D eigenvalue weighted by atomic mass is 10.1. The van der Waals surface area contributed by atoms with Crippen LogP contribution in [0.1, 0.15) is 39.2 Å². The third kappa shape index (κ3) is 7.14. The molecule has 0 bridgehead atoms. The van der Waals surface area contributed by atoms with E-state index in [1.807, 2.05) is 24.3 Å². The summed E-state index contributed by atoms with van der Waals surface area (Å²) in [7, 11) is 0. The Bertz CT molecular complexity index is 413. The third-order valence-electron chi connectivity index (χ3n) is 3.76. The highest BCUT2D eigenvalue weighted by Crippen LogP contribution is 2.06. The minimum absolute atomic E-state index is 0.0788. The average molecular weight is 291 g/mol. The second-order valence-electron chi connectivity index (χ2n) is 5.56. The molecule has 1 aromatic carbocycles. The summed E-state index contributed by atoms with van der Waals surface area (Å²) >= 11 is 0.